The van der Waals surface area contributed by atoms with Gasteiger partial charge in [0.1, 0.15) is 10.1 Å². The minimum Gasteiger partial charge on any atom is -0.744 e. The third-order valence-corrected chi connectivity index (χ3v) is 3.23. The Balaban J connectivity index is 2.99. The molecular weight excluding hydrogens is 212 g/mol. The summed E-state index contributed by atoms with van der Waals surface area (Å²) in [6.07, 6.45) is 3.10. The Morgan fingerprint density at radius 3 is 2.47 bits per heavy atom. The van der Waals surface area contributed by atoms with Crippen molar-refractivity contribution in [1.29, 1.82) is 0 Å². The van der Waals surface area contributed by atoms with E-state index in [0.717, 1.165) is 30.4 Å². The maximum atomic E-state index is 10.8. The van der Waals surface area contributed by atoms with E-state index in [0.29, 0.717) is 0 Å². The molecule has 0 aliphatic rings. The molecule has 0 aliphatic carbocycles. The van der Waals surface area contributed by atoms with Crippen molar-refractivity contribution in [1.82, 2.24) is 0 Å². The molecule has 0 spiro atoms. The summed E-state index contributed by atoms with van der Waals surface area (Å²) in [5.41, 5.74) is 1.99. The van der Waals surface area contributed by atoms with Crippen LogP contribution < -0.4 is 0 Å². The highest BCUT2D eigenvalue weighted by Crippen LogP contribution is 2.16. The van der Waals surface area contributed by atoms with E-state index < -0.39 is 10.1 Å². The Hall–Kier alpha value is -0.870. The van der Waals surface area contributed by atoms with Gasteiger partial charge in [-0.05, 0) is 43.0 Å². The molecule has 0 atom stereocenters. The van der Waals surface area contributed by atoms with Crippen LogP contribution in [0.4, 0.5) is 0 Å². The molecule has 3 nitrogen and oxygen atoms in total. The van der Waals surface area contributed by atoms with Gasteiger partial charge in [0.25, 0.3) is 0 Å². The summed E-state index contributed by atoms with van der Waals surface area (Å²) in [5.74, 6) is 0. The topological polar surface area (TPSA) is 57.2 Å². The highest BCUT2D eigenvalue weighted by molar-refractivity contribution is 7.85. The zero-order valence-electron chi connectivity index (χ0n) is 8.99. The lowest BCUT2D eigenvalue weighted by molar-refractivity contribution is 0.463. The summed E-state index contributed by atoms with van der Waals surface area (Å²) >= 11 is 0. The van der Waals surface area contributed by atoms with Gasteiger partial charge in [0, 0.05) is 0 Å². The van der Waals surface area contributed by atoms with E-state index >= 15 is 0 Å². The molecule has 1 aromatic carbocycles. The van der Waals surface area contributed by atoms with Gasteiger partial charge < -0.3 is 4.55 Å². The third-order valence-electron chi connectivity index (χ3n) is 2.40. The van der Waals surface area contributed by atoms with Crippen molar-refractivity contribution in [2.75, 3.05) is 0 Å². The first-order valence-electron chi connectivity index (χ1n) is 5.00. The van der Waals surface area contributed by atoms with E-state index in [1.165, 1.54) is 12.1 Å². The van der Waals surface area contributed by atoms with Crippen LogP contribution in [0.25, 0.3) is 0 Å². The fourth-order valence-corrected chi connectivity index (χ4v) is 2.03. The molecule has 0 fully saturated rings. The summed E-state index contributed by atoms with van der Waals surface area (Å²) in [6, 6.07) is 4.57. The largest absolute Gasteiger partial charge is 0.744 e. The summed E-state index contributed by atoms with van der Waals surface area (Å²) in [6.45, 7) is 3.94. The molecule has 0 amide bonds. The van der Waals surface area contributed by atoms with E-state index in [-0.39, 0.29) is 4.90 Å². The Morgan fingerprint density at radius 1 is 1.33 bits per heavy atom. The molecule has 0 saturated heterocycles. The van der Waals surface area contributed by atoms with Crippen LogP contribution in [0.3, 0.4) is 0 Å². The Bertz CT molecular complexity index is 435. The average Bonchev–Trinajstić information content (AvgIpc) is 2.14. The van der Waals surface area contributed by atoms with Crippen LogP contribution in [0, 0.1) is 6.92 Å². The van der Waals surface area contributed by atoms with Gasteiger partial charge >= 0.3 is 0 Å². The van der Waals surface area contributed by atoms with E-state index in [1.807, 2.05) is 6.92 Å². The van der Waals surface area contributed by atoms with Gasteiger partial charge in [-0.3, -0.25) is 0 Å². The fraction of sp³-hybridized carbons (Fsp3) is 0.455. The van der Waals surface area contributed by atoms with Crippen LogP contribution in [0.2, 0.25) is 0 Å². The Labute approximate surface area is 90.9 Å². The second-order valence-corrected chi connectivity index (χ2v) is 5.03. The second-order valence-electron chi connectivity index (χ2n) is 3.65. The van der Waals surface area contributed by atoms with Crippen molar-refractivity contribution < 1.29 is 13.0 Å². The zero-order valence-corrected chi connectivity index (χ0v) is 9.80. The molecule has 0 bridgehead atoms. The van der Waals surface area contributed by atoms with Crippen molar-refractivity contribution in [2.24, 2.45) is 0 Å². The minimum atomic E-state index is -4.31. The molecular formula is C11H15O3S-. The van der Waals surface area contributed by atoms with Crippen molar-refractivity contribution >= 4 is 10.1 Å². The Morgan fingerprint density at radius 2 is 2.00 bits per heavy atom. The molecule has 0 N–H and O–H groups in total. The predicted octanol–water partition coefficient (Wildman–Crippen LogP) is 2.24. The van der Waals surface area contributed by atoms with Crippen LogP contribution >= 0.6 is 0 Å². The number of unbranched alkanes of at least 4 members (excludes halogenated alkanes) is 1. The summed E-state index contributed by atoms with van der Waals surface area (Å²) in [5, 5.41) is 0. The van der Waals surface area contributed by atoms with Crippen LogP contribution in [-0.2, 0) is 16.5 Å². The van der Waals surface area contributed by atoms with Crippen LogP contribution in [-0.4, -0.2) is 13.0 Å². The fourth-order valence-electron chi connectivity index (χ4n) is 1.47. The van der Waals surface area contributed by atoms with Crippen LogP contribution in [0.1, 0.15) is 30.9 Å². The molecule has 0 saturated carbocycles. The normalized spacial score (nSPS) is 11.7. The summed E-state index contributed by atoms with van der Waals surface area (Å²) in [7, 11) is -4.31. The highest BCUT2D eigenvalue weighted by Gasteiger charge is 2.04. The summed E-state index contributed by atoms with van der Waals surface area (Å²) < 4.78 is 32.3. The number of hydrogen-bond acceptors (Lipinski definition) is 3. The van der Waals surface area contributed by atoms with Gasteiger partial charge in [0.2, 0.25) is 0 Å². The van der Waals surface area contributed by atoms with Crippen molar-refractivity contribution in [3.63, 3.8) is 0 Å². The lowest BCUT2D eigenvalue weighted by Crippen LogP contribution is -2.00. The highest BCUT2D eigenvalue weighted by atomic mass is 32.2. The van der Waals surface area contributed by atoms with Gasteiger partial charge in [-0.2, -0.15) is 0 Å². The minimum absolute atomic E-state index is 0.139. The van der Waals surface area contributed by atoms with Crippen molar-refractivity contribution in [3.05, 3.63) is 29.3 Å². The lowest BCUT2D eigenvalue weighted by atomic mass is 10.0. The molecule has 0 heterocycles. The molecule has 0 unspecified atom stereocenters. The maximum absolute atomic E-state index is 10.8. The molecule has 1 aromatic rings. The zero-order chi connectivity index (χ0) is 11.5. The van der Waals surface area contributed by atoms with Gasteiger partial charge in [0.05, 0.1) is 4.90 Å². The average molecular weight is 227 g/mol. The monoisotopic (exact) mass is 227 g/mol. The first kappa shape index (κ1) is 12.2. The number of aryl methyl sites for hydroxylation is 2. The van der Waals surface area contributed by atoms with Gasteiger partial charge in [-0.25, -0.2) is 8.42 Å². The quantitative estimate of drug-likeness (QED) is 0.741. The molecule has 0 aromatic heterocycles. The van der Waals surface area contributed by atoms with Crippen molar-refractivity contribution in [3.8, 4) is 0 Å². The van der Waals surface area contributed by atoms with E-state index in [9.17, 15) is 13.0 Å². The summed E-state index contributed by atoms with van der Waals surface area (Å²) in [4.78, 5) is -0.139. The van der Waals surface area contributed by atoms with Crippen molar-refractivity contribution in [2.45, 2.75) is 38.0 Å². The molecule has 84 valence electrons. The molecule has 15 heavy (non-hydrogen) atoms. The Kier molecular flexibility index (Phi) is 3.88. The molecule has 0 aliphatic heterocycles. The number of hydrogen-bond donors (Lipinski definition) is 0. The van der Waals surface area contributed by atoms with Crippen LogP contribution in [0.15, 0.2) is 23.1 Å². The van der Waals surface area contributed by atoms with E-state index in [2.05, 4.69) is 6.92 Å². The number of rotatable bonds is 4. The number of benzene rings is 1. The van der Waals surface area contributed by atoms with E-state index in [1.54, 1.807) is 6.07 Å². The predicted molar refractivity (Wildman–Crippen MR) is 57.8 cm³/mol. The SMILES string of the molecule is CCCCc1ccc(S(=O)(=O)[O-])cc1C. The maximum Gasteiger partial charge on any atom is 0.124 e. The smallest absolute Gasteiger partial charge is 0.124 e. The second kappa shape index (κ2) is 4.77. The van der Waals surface area contributed by atoms with Gasteiger partial charge in [0.15, 0.2) is 0 Å². The lowest BCUT2D eigenvalue weighted by Gasteiger charge is -2.10. The van der Waals surface area contributed by atoms with Gasteiger partial charge in [-0.15, -0.1) is 0 Å². The molecule has 4 heteroatoms. The molecule has 1 rings (SSSR count). The first-order valence-corrected chi connectivity index (χ1v) is 6.41. The first-order chi connectivity index (χ1) is 6.95. The standard InChI is InChI=1S/C11H16O3S/c1-3-4-5-10-6-7-11(8-9(10)2)15(12,13)14/h6-8H,3-5H2,1-2H3,(H,12,13,14)/p-1. The molecule has 0 radical (unpaired) electrons. The van der Waals surface area contributed by atoms with Gasteiger partial charge in [-0.1, -0.05) is 19.4 Å². The van der Waals surface area contributed by atoms with E-state index in [4.69, 9.17) is 0 Å². The third kappa shape index (κ3) is 3.32. The van der Waals surface area contributed by atoms with Crippen LogP contribution in [0.5, 0.6) is 0 Å².